The van der Waals surface area contributed by atoms with Gasteiger partial charge in [-0.25, -0.2) is 0 Å². The second kappa shape index (κ2) is 4.29. The fraction of sp³-hybridized carbons (Fsp3) is 1.00. The van der Waals surface area contributed by atoms with Gasteiger partial charge in [-0.05, 0) is 6.92 Å². The van der Waals surface area contributed by atoms with Gasteiger partial charge in [0.2, 0.25) is 0 Å². The molecule has 0 radical (unpaired) electrons. The standard InChI is InChI=1S/C8H17NO.ClH/c1-4-10-7-5-9-6-8(7,2)3;/h7,9H,4-6H2,1-3H3;1H. The molecule has 68 valence electrons. The van der Waals surface area contributed by atoms with E-state index in [1.165, 1.54) is 0 Å². The Labute approximate surface area is 75.1 Å². The molecular weight excluding hydrogens is 162 g/mol. The second-order valence-corrected chi connectivity index (χ2v) is 3.56. The lowest BCUT2D eigenvalue weighted by Gasteiger charge is -2.24. The van der Waals surface area contributed by atoms with Gasteiger partial charge in [0.15, 0.2) is 0 Å². The zero-order chi connectivity index (χ0) is 7.61. The summed E-state index contributed by atoms with van der Waals surface area (Å²) in [5.74, 6) is 0. The molecule has 11 heavy (non-hydrogen) atoms. The zero-order valence-corrected chi connectivity index (χ0v) is 8.33. The van der Waals surface area contributed by atoms with E-state index in [9.17, 15) is 0 Å². The van der Waals surface area contributed by atoms with Crippen LogP contribution in [0.2, 0.25) is 0 Å². The van der Waals surface area contributed by atoms with Crippen LogP contribution in [0.4, 0.5) is 0 Å². The third-order valence-electron chi connectivity index (χ3n) is 2.15. The van der Waals surface area contributed by atoms with E-state index >= 15 is 0 Å². The Morgan fingerprint density at radius 1 is 1.55 bits per heavy atom. The van der Waals surface area contributed by atoms with Crippen LogP contribution in [0.5, 0.6) is 0 Å². The van der Waals surface area contributed by atoms with Crippen molar-refractivity contribution in [1.82, 2.24) is 5.32 Å². The highest BCUT2D eigenvalue weighted by Gasteiger charge is 2.34. The van der Waals surface area contributed by atoms with Crippen molar-refractivity contribution in [2.24, 2.45) is 5.41 Å². The number of hydrogen-bond acceptors (Lipinski definition) is 2. The van der Waals surface area contributed by atoms with Crippen LogP contribution in [0, 0.1) is 5.41 Å². The Kier molecular flexibility index (Phi) is 4.37. The molecule has 0 aromatic heterocycles. The Hall–Kier alpha value is 0.210. The summed E-state index contributed by atoms with van der Waals surface area (Å²) in [6, 6.07) is 0. The van der Waals surface area contributed by atoms with Gasteiger partial charge in [-0.3, -0.25) is 0 Å². The van der Waals surface area contributed by atoms with Gasteiger partial charge >= 0.3 is 0 Å². The third kappa shape index (κ3) is 2.62. The molecule has 1 aliphatic rings. The van der Waals surface area contributed by atoms with Crippen molar-refractivity contribution in [2.75, 3.05) is 19.7 Å². The molecule has 0 aromatic rings. The van der Waals surface area contributed by atoms with Crippen molar-refractivity contribution in [1.29, 1.82) is 0 Å². The van der Waals surface area contributed by atoms with E-state index in [2.05, 4.69) is 26.1 Å². The van der Waals surface area contributed by atoms with Gasteiger partial charge in [-0.15, -0.1) is 12.4 Å². The average molecular weight is 180 g/mol. The van der Waals surface area contributed by atoms with Crippen molar-refractivity contribution in [2.45, 2.75) is 26.9 Å². The fourth-order valence-corrected chi connectivity index (χ4v) is 1.40. The minimum Gasteiger partial charge on any atom is -0.377 e. The number of ether oxygens (including phenoxy) is 1. The van der Waals surface area contributed by atoms with Gasteiger partial charge < -0.3 is 10.1 Å². The maximum Gasteiger partial charge on any atom is 0.0762 e. The molecule has 0 bridgehead atoms. The lowest BCUT2D eigenvalue weighted by atomic mass is 9.90. The molecule has 0 saturated carbocycles. The topological polar surface area (TPSA) is 21.3 Å². The van der Waals surface area contributed by atoms with Crippen LogP contribution >= 0.6 is 12.4 Å². The molecule has 1 aliphatic heterocycles. The van der Waals surface area contributed by atoms with Crippen LogP contribution in [0.15, 0.2) is 0 Å². The maximum atomic E-state index is 5.56. The van der Waals surface area contributed by atoms with E-state index < -0.39 is 0 Å². The average Bonchev–Trinajstić information content (AvgIpc) is 2.13. The van der Waals surface area contributed by atoms with Crippen LogP contribution in [0.25, 0.3) is 0 Å². The van der Waals surface area contributed by atoms with Gasteiger partial charge in [-0.1, -0.05) is 13.8 Å². The highest BCUT2D eigenvalue weighted by atomic mass is 35.5. The molecule has 1 atom stereocenters. The molecule has 1 N–H and O–H groups in total. The summed E-state index contributed by atoms with van der Waals surface area (Å²) in [6.45, 7) is 9.46. The van der Waals surface area contributed by atoms with Gasteiger partial charge in [0.05, 0.1) is 6.10 Å². The lowest BCUT2D eigenvalue weighted by molar-refractivity contribution is 0.0135. The normalized spacial score (nSPS) is 28.1. The molecule has 1 rings (SSSR count). The minimum absolute atomic E-state index is 0. The van der Waals surface area contributed by atoms with Crippen LogP contribution in [-0.2, 0) is 4.74 Å². The summed E-state index contributed by atoms with van der Waals surface area (Å²) in [6.07, 6.45) is 0.414. The van der Waals surface area contributed by atoms with E-state index in [1.807, 2.05) is 0 Å². The first-order chi connectivity index (χ1) is 4.67. The summed E-state index contributed by atoms with van der Waals surface area (Å²) < 4.78 is 5.56. The highest BCUT2D eigenvalue weighted by Crippen LogP contribution is 2.26. The van der Waals surface area contributed by atoms with Crippen LogP contribution in [0.3, 0.4) is 0 Å². The molecule has 3 heteroatoms. The van der Waals surface area contributed by atoms with E-state index in [0.717, 1.165) is 19.7 Å². The summed E-state index contributed by atoms with van der Waals surface area (Å²) >= 11 is 0. The molecule has 0 amide bonds. The summed E-state index contributed by atoms with van der Waals surface area (Å²) in [5, 5.41) is 3.32. The van der Waals surface area contributed by atoms with Crippen molar-refractivity contribution in [3.05, 3.63) is 0 Å². The molecule has 1 unspecified atom stereocenters. The number of halogens is 1. The number of hydrogen-bond donors (Lipinski definition) is 1. The van der Waals surface area contributed by atoms with E-state index in [4.69, 9.17) is 4.74 Å². The molecule has 1 heterocycles. The molecule has 0 aliphatic carbocycles. The monoisotopic (exact) mass is 179 g/mol. The van der Waals surface area contributed by atoms with Crippen LogP contribution < -0.4 is 5.32 Å². The highest BCUT2D eigenvalue weighted by molar-refractivity contribution is 5.85. The Balaban J connectivity index is 0.000001000. The third-order valence-corrected chi connectivity index (χ3v) is 2.15. The Morgan fingerprint density at radius 3 is 2.55 bits per heavy atom. The zero-order valence-electron chi connectivity index (χ0n) is 7.52. The van der Waals surface area contributed by atoms with Gasteiger partial charge in [0, 0.05) is 25.1 Å². The van der Waals surface area contributed by atoms with E-state index in [1.54, 1.807) is 0 Å². The smallest absolute Gasteiger partial charge is 0.0762 e. The number of rotatable bonds is 2. The van der Waals surface area contributed by atoms with Crippen molar-refractivity contribution in [3.8, 4) is 0 Å². The first kappa shape index (κ1) is 11.2. The SMILES string of the molecule is CCOC1CNCC1(C)C.Cl. The Morgan fingerprint density at radius 2 is 2.18 bits per heavy atom. The van der Waals surface area contributed by atoms with Crippen molar-refractivity contribution >= 4 is 12.4 Å². The first-order valence-corrected chi connectivity index (χ1v) is 3.99. The molecule has 1 fully saturated rings. The lowest BCUT2D eigenvalue weighted by Crippen LogP contribution is -2.29. The van der Waals surface area contributed by atoms with Gasteiger partial charge in [-0.2, -0.15) is 0 Å². The first-order valence-electron chi connectivity index (χ1n) is 3.99. The van der Waals surface area contributed by atoms with Crippen molar-refractivity contribution < 1.29 is 4.74 Å². The fourth-order valence-electron chi connectivity index (χ4n) is 1.40. The van der Waals surface area contributed by atoms with Crippen LogP contribution in [0.1, 0.15) is 20.8 Å². The Bertz CT molecular complexity index is 117. The minimum atomic E-state index is 0. The molecule has 0 aromatic carbocycles. The molecule has 0 spiro atoms. The quantitative estimate of drug-likeness (QED) is 0.693. The maximum absolute atomic E-state index is 5.56. The molecule has 1 saturated heterocycles. The number of nitrogens with one attached hydrogen (secondary N) is 1. The van der Waals surface area contributed by atoms with Crippen molar-refractivity contribution in [3.63, 3.8) is 0 Å². The predicted molar refractivity (Wildman–Crippen MR) is 49.3 cm³/mol. The molecular formula is C8H18ClNO. The summed E-state index contributed by atoms with van der Waals surface area (Å²) in [5.41, 5.74) is 0.329. The summed E-state index contributed by atoms with van der Waals surface area (Å²) in [4.78, 5) is 0. The largest absolute Gasteiger partial charge is 0.377 e. The van der Waals surface area contributed by atoms with Gasteiger partial charge in [0.1, 0.15) is 0 Å². The van der Waals surface area contributed by atoms with Crippen LogP contribution in [-0.4, -0.2) is 25.8 Å². The molecule has 2 nitrogen and oxygen atoms in total. The summed E-state index contributed by atoms with van der Waals surface area (Å²) in [7, 11) is 0. The van der Waals surface area contributed by atoms with Gasteiger partial charge in [0.25, 0.3) is 0 Å². The van der Waals surface area contributed by atoms with E-state index in [-0.39, 0.29) is 12.4 Å². The second-order valence-electron chi connectivity index (χ2n) is 3.56. The van der Waals surface area contributed by atoms with E-state index in [0.29, 0.717) is 11.5 Å². The predicted octanol–water partition coefficient (Wildman–Crippen LogP) is 1.44.